The molecule has 1 fully saturated rings. The van der Waals surface area contributed by atoms with Crippen LogP contribution in [0.4, 0.5) is 0 Å². The first-order valence-electron chi connectivity index (χ1n) is 10.3. The molecule has 0 amide bonds. The smallest absolute Gasteiger partial charge is 0.185 e. The molecule has 1 N–H and O–H groups in total. The van der Waals surface area contributed by atoms with E-state index in [1.165, 1.54) is 30.4 Å². The number of rotatable bonds is 3. The van der Waals surface area contributed by atoms with Crippen LogP contribution in [-0.4, -0.2) is 21.0 Å². The summed E-state index contributed by atoms with van der Waals surface area (Å²) >= 11 is 11.6. The summed E-state index contributed by atoms with van der Waals surface area (Å²) in [7, 11) is 0. The first-order chi connectivity index (χ1) is 13.7. The van der Waals surface area contributed by atoms with E-state index in [0.29, 0.717) is 6.04 Å². The fraction of sp³-hybridized carbons (Fsp3) is 0.455. The Balaban J connectivity index is 1.51. The number of fused-ring (bicyclic) bond motifs is 3. The zero-order chi connectivity index (χ0) is 19.1. The van der Waals surface area contributed by atoms with Crippen LogP contribution in [0.1, 0.15) is 55.0 Å². The molecule has 6 heteroatoms. The molecule has 0 spiro atoms. The Morgan fingerprint density at radius 1 is 1.07 bits per heavy atom. The molecule has 1 aromatic carbocycles. The standard InChI is InChI=1S/C22H25N3OS2/c27-21-20-19(23-22(28)25(21)16-9-5-2-6-10-16)17-14-24(12-11-18(17)26-20)13-15-7-3-1-4-8-15/h1,3-4,7-8,16H,2,5-6,9-14H2,(H,23,28). The molecule has 28 heavy (non-hydrogen) atoms. The van der Waals surface area contributed by atoms with Gasteiger partial charge in [0.25, 0.3) is 0 Å². The minimum Gasteiger partial charge on any atom is -0.456 e. The first kappa shape index (κ1) is 18.3. The van der Waals surface area contributed by atoms with Gasteiger partial charge < -0.3 is 14.0 Å². The van der Waals surface area contributed by atoms with Gasteiger partial charge in [-0.3, -0.25) is 4.90 Å². The lowest BCUT2D eigenvalue weighted by Gasteiger charge is -2.26. The number of furan rings is 1. The molecule has 2 aromatic heterocycles. The van der Waals surface area contributed by atoms with Crippen LogP contribution < -0.4 is 0 Å². The van der Waals surface area contributed by atoms with E-state index in [2.05, 4.69) is 44.8 Å². The Kier molecular flexibility index (Phi) is 4.95. The summed E-state index contributed by atoms with van der Waals surface area (Å²) in [4.78, 5) is 5.95. The maximum Gasteiger partial charge on any atom is 0.185 e. The Hall–Kier alpha value is -1.76. The summed E-state index contributed by atoms with van der Waals surface area (Å²) in [5, 5.41) is 0. The molecule has 3 aromatic rings. The van der Waals surface area contributed by atoms with Crippen molar-refractivity contribution in [2.24, 2.45) is 0 Å². The molecule has 1 aliphatic carbocycles. The van der Waals surface area contributed by atoms with Crippen LogP contribution in [0.25, 0.3) is 11.1 Å². The second-order valence-corrected chi connectivity index (χ2v) is 8.82. The third-order valence-electron chi connectivity index (χ3n) is 6.18. The zero-order valence-electron chi connectivity index (χ0n) is 15.9. The predicted molar refractivity (Wildman–Crippen MR) is 117 cm³/mol. The quantitative estimate of drug-likeness (QED) is 0.530. The Bertz CT molecular complexity index is 1110. The summed E-state index contributed by atoms with van der Waals surface area (Å²) in [5.74, 6) is 1.07. The number of benzene rings is 1. The molecule has 3 heterocycles. The summed E-state index contributed by atoms with van der Waals surface area (Å²) in [6, 6.07) is 11.0. The summed E-state index contributed by atoms with van der Waals surface area (Å²) in [5.41, 5.74) is 4.39. The number of hydrogen-bond acceptors (Lipinski definition) is 4. The van der Waals surface area contributed by atoms with E-state index in [-0.39, 0.29) is 0 Å². The summed E-state index contributed by atoms with van der Waals surface area (Å²) < 4.78 is 9.94. The van der Waals surface area contributed by atoms with Gasteiger partial charge >= 0.3 is 0 Å². The summed E-state index contributed by atoms with van der Waals surface area (Å²) in [6.45, 7) is 2.81. The lowest BCUT2D eigenvalue weighted by atomic mass is 9.95. The van der Waals surface area contributed by atoms with Crippen molar-refractivity contribution in [3.05, 3.63) is 56.6 Å². The minimum atomic E-state index is 0.408. The Morgan fingerprint density at radius 3 is 2.64 bits per heavy atom. The zero-order valence-corrected chi connectivity index (χ0v) is 17.6. The molecule has 146 valence electrons. The average molecular weight is 412 g/mol. The maximum absolute atomic E-state index is 6.28. The van der Waals surface area contributed by atoms with E-state index < -0.39 is 0 Å². The second kappa shape index (κ2) is 7.58. The number of hydrogen-bond donors (Lipinski definition) is 1. The van der Waals surface area contributed by atoms with Gasteiger partial charge in [0.1, 0.15) is 5.76 Å². The molecular formula is C22H25N3OS2. The van der Waals surface area contributed by atoms with Gasteiger partial charge in [-0.2, -0.15) is 0 Å². The fourth-order valence-electron chi connectivity index (χ4n) is 4.74. The molecule has 0 unspecified atom stereocenters. The predicted octanol–water partition coefficient (Wildman–Crippen LogP) is 6.08. The third kappa shape index (κ3) is 3.27. The van der Waals surface area contributed by atoms with Crippen LogP contribution in [0.3, 0.4) is 0 Å². The SMILES string of the molecule is S=c1[nH]c2c3c(oc2c(=S)n1C1CCCCC1)CCN(Cc1ccccc1)C3. The second-order valence-electron chi connectivity index (χ2n) is 8.05. The first-order valence-corrected chi connectivity index (χ1v) is 11.1. The van der Waals surface area contributed by atoms with E-state index in [4.69, 9.17) is 28.9 Å². The molecule has 0 radical (unpaired) electrons. The van der Waals surface area contributed by atoms with E-state index in [9.17, 15) is 0 Å². The lowest BCUT2D eigenvalue weighted by molar-refractivity contribution is 0.235. The van der Waals surface area contributed by atoms with Gasteiger partial charge in [0.05, 0.1) is 5.52 Å². The highest BCUT2D eigenvalue weighted by Crippen LogP contribution is 2.34. The van der Waals surface area contributed by atoms with Crippen molar-refractivity contribution in [1.82, 2.24) is 14.5 Å². The van der Waals surface area contributed by atoms with E-state index in [1.54, 1.807) is 0 Å². The molecular weight excluding hydrogens is 386 g/mol. The Labute approximate surface area is 175 Å². The monoisotopic (exact) mass is 411 g/mol. The van der Waals surface area contributed by atoms with Gasteiger partial charge in [-0.1, -0.05) is 61.8 Å². The van der Waals surface area contributed by atoms with Gasteiger partial charge in [0.2, 0.25) is 0 Å². The van der Waals surface area contributed by atoms with Gasteiger partial charge in [0.15, 0.2) is 15.0 Å². The highest BCUT2D eigenvalue weighted by molar-refractivity contribution is 7.72. The van der Waals surface area contributed by atoms with Crippen LogP contribution in [0.5, 0.6) is 0 Å². The van der Waals surface area contributed by atoms with Crippen molar-refractivity contribution in [3.8, 4) is 0 Å². The fourth-order valence-corrected chi connectivity index (χ4v) is 5.53. The van der Waals surface area contributed by atoms with Crippen LogP contribution in [0, 0.1) is 9.41 Å². The highest BCUT2D eigenvalue weighted by atomic mass is 32.1. The molecule has 0 bridgehead atoms. The van der Waals surface area contributed by atoms with Crippen LogP contribution >= 0.6 is 24.4 Å². The molecule has 5 rings (SSSR count). The van der Waals surface area contributed by atoms with Crippen molar-refractivity contribution in [3.63, 3.8) is 0 Å². The number of aromatic amines is 1. The third-order valence-corrected chi connectivity index (χ3v) is 6.86. The maximum atomic E-state index is 6.28. The highest BCUT2D eigenvalue weighted by Gasteiger charge is 2.26. The number of nitrogens with zero attached hydrogens (tertiary/aromatic N) is 2. The number of H-pyrrole nitrogens is 1. The van der Waals surface area contributed by atoms with Crippen LogP contribution in [0.2, 0.25) is 0 Å². The number of nitrogens with one attached hydrogen (secondary N) is 1. The topological polar surface area (TPSA) is 37.1 Å². The van der Waals surface area contributed by atoms with Gasteiger partial charge in [-0.15, -0.1) is 0 Å². The lowest BCUT2D eigenvalue weighted by Crippen LogP contribution is -2.29. The molecule has 1 saturated carbocycles. The number of aromatic nitrogens is 2. The van der Waals surface area contributed by atoms with Crippen molar-refractivity contribution in [1.29, 1.82) is 0 Å². The molecule has 0 saturated heterocycles. The van der Waals surface area contributed by atoms with Crippen LogP contribution in [-0.2, 0) is 19.5 Å². The molecule has 1 aliphatic heterocycles. The van der Waals surface area contributed by atoms with E-state index in [1.807, 2.05) is 0 Å². The normalized spacial score (nSPS) is 18.4. The van der Waals surface area contributed by atoms with E-state index >= 15 is 0 Å². The molecule has 0 atom stereocenters. The van der Waals surface area contributed by atoms with Crippen molar-refractivity contribution in [2.45, 2.75) is 57.7 Å². The Morgan fingerprint density at radius 2 is 1.86 bits per heavy atom. The van der Waals surface area contributed by atoms with E-state index in [0.717, 1.165) is 65.2 Å². The van der Waals surface area contributed by atoms with Crippen molar-refractivity contribution < 1.29 is 4.42 Å². The van der Waals surface area contributed by atoms with Crippen molar-refractivity contribution >= 4 is 35.5 Å². The molecule has 4 nitrogen and oxygen atoms in total. The average Bonchev–Trinajstić information content (AvgIpc) is 3.08. The minimum absolute atomic E-state index is 0.408. The summed E-state index contributed by atoms with van der Waals surface area (Å²) in [6.07, 6.45) is 7.04. The van der Waals surface area contributed by atoms with Crippen LogP contribution in [0.15, 0.2) is 34.7 Å². The van der Waals surface area contributed by atoms with Gasteiger partial charge in [-0.25, -0.2) is 0 Å². The largest absolute Gasteiger partial charge is 0.456 e. The van der Waals surface area contributed by atoms with Crippen molar-refractivity contribution in [2.75, 3.05) is 6.54 Å². The van der Waals surface area contributed by atoms with Gasteiger partial charge in [-0.05, 0) is 30.6 Å². The molecule has 2 aliphatic rings. The van der Waals surface area contributed by atoms with Gasteiger partial charge in [0, 0.05) is 37.7 Å².